The first-order chi connectivity index (χ1) is 14.9. The zero-order chi connectivity index (χ0) is 22.1. The Morgan fingerprint density at radius 3 is 2.68 bits per heavy atom. The van der Waals surface area contributed by atoms with E-state index < -0.39 is 11.8 Å². The normalized spacial score (nSPS) is 11.1. The number of para-hydroxylation sites is 1. The summed E-state index contributed by atoms with van der Waals surface area (Å²) in [6.45, 7) is 5.84. The Hall–Kier alpha value is -4.08. The molecule has 158 valence electrons. The molecule has 0 atom stereocenters. The molecular formula is C21H21N7O3. The Labute approximate surface area is 177 Å². The molecule has 0 aliphatic rings. The molecule has 0 fully saturated rings. The van der Waals surface area contributed by atoms with Gasteiger partial charge in [-0.25, -0.2) is 4.98 Å². The van der Waals surface area contributed by atoms with Gasteiger partial charge in [0.25, 0.3) is 5.91 Å². The highest BCUT2D eigenvalue weighted by atomic mass is 16.5. The van der Waals surface area contributed by atoms with Crippen molar-refractivity contribution in [1.82, 2.24) is 24.9 Å². The fourth-order valence-electron chi connectivity index (χ4n) is 3.33. The van der Waals surface area contributed by atoms with E-state index in [0.29, 0.717) is 40.4 Å². The van der Waals surface area contributed by atoms with Crippen molar-refractivity contribution in [3.05, 3.63) is 64.7 Å². The molecule has 0 radical (unpaired) electrons. The van der Waals surface area contributed by atoms with Gasteiger partial charge in [-0.2, -0.15) is 10.1 Å². The average Bonchev–Trinajstić information content (AvgIpc) is 3.32. The first kappa shape index (κ1) is 20.2. The van der Waals surface area contributed by atoms with E-state index in [2.05, 4.69) is 25.5 Å². The Kier molecular flexibility index (Phi) is 5.20. The van der Waals surface area contributed by atoms with Crippen LogP contribution in [0.1, 0.15) is 50.9 Å². The van der Waals surface area contributed by atoms with Crippen molar-refractivity contribution in [2.45, 2.75) is 33.7 Å². The number of carbonyl (C=O) groups excluding carboxylic acids is 2. The Morgan fingerprint density at radius 2 is 1.97 bits per heavy atom. The number of aryl methyl sites for hydroxylation is 2. The number of nitrogens with two attached hydrogens (primary N) is 1. The van der Waals surface area contributed by atoms with E-state index in [1.165, 1.54) is 6.07 Å². The number of hydrogen-bond acceptors (Lipinski definition) is 7. The van der Waals surface area contributed by atoms with Gasteiger partial charge in [0.05, 0.1) is 28.2 Å². The van der Waals surface area contributed by atoms with Crippen molar-refractivity contribution in [3.63, 3.8) is 0 Å². The van der Waals surface area contributed by atoms with E-state index in [4.69, 9.17) is 10.3 Å². The van der Waals surface area contributed by atoms with Gasteiger partial charge in [-0.1, -0.05) is 30.3 Å². The summed E-state index contributed by atoms with van der Waals surface area (Å²) in [5.74, 6) is -0.0378. The smallest absolute Gasteiger partial charge is 0.274 e. The van der Waals surface area contributed by atoms with Crippen LogP contribution in [0.5, 0.6) is 0 Å². The average molecular weight is 419 g/mol. The zero-order valence-electron chi connectivity index (χ0n) is 17.3. The molecule has 4 aromatic rings. The predicted molar refractivity (Wildman–Crippen MR) is 113 cm³/mol. The lowest BCUT2D eigenvalue weighted by atomic mass is 10.1. The highest BCUT2D eigenvalue weighted by Crippen LogP contribution is 2.23. The monoisotopic (exact) mass is 419 g/mol. The lowest BCUT2D eigenvalue weighted by molar-refractivity contribution is 0.100. The molecule has 0 aliphatic carbocycles. The highest BCUT2D eigenvalue weighted by molar-refractivity contribution is 6.10. The van der Waals surface area contributed by atoms with Crippen molar-refractivity contribution in [2.75, 3.05) is 5.32 Å². The van der Waals surface area contributed by atoms with Crippen LogP contribution in [0.25, 0.3) is 10.9 Å². The minimum absolute atomic E-state index is 0.0866. The largest absolute Gasteiger partial charge is 0.366 e. The number of benzene rings is 1. The van der Waals surface area contributed by atoms with Gasteiger partial charge in [0.2, 0.25) is 11.8 Å². The Bertz CT molecular complexity index is 1310. The number of rotatable bonds is 6. The number of carbonyl (C=O) groups is 2. The van der Waals surface area contributed by atoms with Gasteiger partial charge in [0, 0.05) is 11.8 Å². The molecule has 0 aliphatic heterocycles. The maximum Gasteiger partial charge on any atom is 0.274 e. The molecule has 0 unspecified atom stereocenters. The number of amides is 2. The second-order valence-corrected chi connectivity index (χ2v) is 7.05. The van der Waals surface area contributed by atoms with Crippen molar-refractivity contribution in [1.29, 1.82) is 0 Å². The van der Waals surface area contributed by atoms with Crippen molar-refractivity contribution in [2.24, 2.45) is 5.73 Å². The van der Waals surface area contributed by atoms with Gasteiger partial charge in [-0.05, 0) is 26.0 Å². The van der Waals surface area contributed by atoms with Crippen LogP contribution in [-0.4, -0.2) is 36.7 Å². The molecule has 1 aromatic carbocycles. The number of hydrogen-bond donors (Lipinski definition) is 2. The van der Waals surface area contributed by atoms with E-state index in [1.54, 1.807) is 35.9 Å². The molecule has 10 heteroatoms. The summed E-state index contributed by atoms with van der Waals surface area (Å²) in [7, 11) is 0. The topological polar surface area (TPSA) is 142 Å². The lowest BCUT2D eigenvalue weighted by Crippen LogP contribution is -2.18. The molecule has 0 saturated heterocycles. The van der Waals surface area contributed by atoms with Crippen molar-refractivity contribution >= 4 is 28.4 Å². The van der Waals surface area contributed by atoms with Gasteiger partial charge < -0.3 is 15.6 Å². The molecule has 3 heterocycles. The lowest BCUT2D eigenvalue weighted by Gasteiger charge is -2.09. The standard InChI is InChI=1S/C21H21N7O3/c1-4-17-24-18(31-27-17)10-28-12(3)19(11(2)26-28)25-21(30)16-9-14(20(22)29)13-7-5-6-8-15(13)23-16/h5-9H,4,10H2,1-3H3,(H2,22,29)(H,25,30). The minimum Gasteiger partial charge on any atom is -0.366 e. The summed E-state index contributed by atoms with van der Waals surface area (Å²) in [4.78, 5) is 33.5. The van der Waals surface area contributed by atoms with Crippen LogP contribution in [-0.2, 0) is 13.0 Å². The van der Waals surface area contributed by atoms with Crippen molar-refractivity contribution in [3.8, 4) is 0 Å². The maximum absolute atomic E-state index is 12.9. The number of pyridine rings is 1. The predicted octanol–water partition coefficient (Wildman–Crippen LogP) is 2.39. The van der Waals surface area contributed by atoms with Crippen LogP contribution in [0.3, 0.4) is 0 Å². The second kappa shape index (κ2) is 7.98. The second-order valence-electron chi connectivity index (χ2n) is 7.05. The molecular weight excluding hydrogens is 398 g/mol. The fourth-order valence-corrected chi connectivity index (χ4v) is 3.33. The van der Waals surface area contributed by atoms with Crippen LogP contribution < -0.4 is 11.1 Å². The maximum atomic E-state index is 12.9. The first-order valence-corrected chi connectivity index (χ1v) is 9.73. The molecule has 2 amide bonds. The molecule has 3 N–H and O–H groups in total. The quantitative estimate of drug-likeness (QED) is 0.488. The van der Waals surface area contributed by atoms with E-state index in [9.17, 15) is 9.59 Å². The summed E-state index contributed by atoms with van der Waals surface area (Å²) in [5.41, 5.74) is 8.24. The van der Waals surface area contributed by atoms with E-state index in [-0.39, 0.29) is 17.8 Å². The minimum atomic E-state index is -0.626. The SMILES string of the molecule is CCc1noc(Cn2nc(C)c(NC(=O)c3cc(C(N)=O)c4ccccc4n3)c2C)n1. The zero-order valence-corrected chi connectivity index (χ0v) is 17.3. The van der Waals surface area contributed by atoms with Gasteiger partial charge >= 0.3 is 0 Å². The van der Waals surface area contributed by atoms with E-state index in [1.807, 2.05) is 13.8 Å². The molecule has 0 bridgehead atoms. The number of primary amides is 1. The number of nitrogens with one attached hydrogen (secondary N) is 1. The van der Waals surface area contributed by atoms with Crippen LogP contribution in [0.2, 0.25) is 0 Å². The van der Waals surface area contributed by atoms with Gasteiger partial charge in [0.1, 0.15) is 12.2 Å². The molecule has 0 saturated carbocycles. The Balaban J connectivity index is 1.63. The number of fused-ring (bicyclic) bond motifs is 1. The van der Waals surface area contributed by atoms with Gasteiger partial charge in [-0.3, -0.25) is 14.3 Å². The van der Waals surface area contributed by atoms with Gasteiger partial charge in [0.15, 0.2) is 5.82 Å². The molecule has 3 aromatic heterocycles. The van der Waals surface area contributed by atoms with Gasteiger partial charge in [-0.15, -0.1) is 0 Å². The van der Waals surface area contributed by atoms with Crippen LogP contribution in [0.4, 0.5) is 5.69 Å². The third-order valence-electron chi connectivity index (χ3n) is 4.95. The van der Waals surface area contributed by atoms with Crippen LogP contribution in [0.15, 0.2) is 34.9 Å². The summed E-state index contributed by atoms with van der Waals surface area (Å²) < 4.78 is 6.91. The number of nitrogens with zero attached hydrogens (tertiary/aromatic N) is 5. The van der Waals surface area contributed by atoms with Crippen LogP contribution in [0, 0.1) is 13.8 Å². The number of aromatic nitrogens is 5. The summed E-state index contributed by atoms with van der Waals surface area (Å²) in [5, 5.41) is 11.8. The number of anilines is 1. The van der Waals surface area contributed by atoms with E-state index in [0.717, 1.165) is 5.69 Å². The van der Waals surface area contributed by atoms with E-state index >= 15 is 0 Å². The first-order valence-electron chi connectivity index (χ1n) is 9.73. The third kappa shape index (κ3) is 3.87. The third-order valence-corrected chi connectivity index (χ3v) is 4.95. The highest BCUT2D eigenvalue weighted by Gasteiger charge is 2.19. The summed E-state index contributed by atoms with van der Waals surface area (Å²) >= 11 is 0. The van der Waals surface area contributed by atoms with Crippen LogP contribution >= 0.6 is 0 Å². The molecule has 0 spiro atoms. The molecule has 4 rings (SSSR count). The van der Waals surface area contributed by atoms with Crippen molar-refractivity contribution < 1.29 is 14.1 Å². The summed E-state index contributed by atoms with van der Waals surface area (Å²) in [6, 6.07) is 8.43. The Morgan fingerprint density at radius 1 is 1.19 bits per heavy atom. The molecule has 31 heavy (non-hydrogen) atoms. The summed E-state index contributed by atoms with van der Waals surface area (Å²) in [6.07, 6.45) is 0.675. The molecule has 10 nitrogen and oxygen atoms in total. The fraction of sp³-hybridized carbons (Fsp3) is 0.238.